The van der Waals surface area contributed by atoms with Crippen LogP contribution in [0.15, 0.2) is 54.6 Å². The lowest BCUT2D eigenvalue weighted by atomic mass is 9.95. The zero-order valence-corrected chi connectivity index (χ0v) is 15.9. The van der Waals surface area contributed by atoms with Crippen LogP contribution in [-0.4, -0.2) is 35.4 Å². The van der Waals surface area contributed by atoms with Crippen molar-refractivity contribution in [3.05, 3.63) is 75.8 Å². The Kier molecular flexibility index (Phi) is 4.88. The van der Waals surface area contributed by atoms with E-state index in [1.165, 1.54) is 18.2 Å². The summed E-state index contributed by atoms with van der Waals surface area (Å²) < 4.78 is 5.25. The monoisotopic (exact) mass is 392 g/mol. The number of rotatable bonds is 5. The van der Waals surface area contributed by atoms with Gasteiger partial charge in [-0.1, -0.05) is 42.5 Å². The van der Waals surface area contributed by atoms with Crippen LogP contribution in [0.3, 0.4) is 0 Å². The molecule has 0 spiro atoms. The highest BCUT2D eigenvalue weighted by Crippen LogP contribution is 2.42. The normalized spacial score (nSPS) is 22.0. The van der Waals surface area contributed by atoms with Gasteiger partial charge in [-0.3, -0.25) is 19.7 Å². The second-order valence-corrected chi connectivity index (χ2v) is 7.10. The van der Waals surface area contributed by atoms with Crippen molar-refractivity contribution in [1.29, 1.82) is 0 Å². The van der Waals surface area contributed by atoms with Crippen molar-refractivity contribution in [2.75, 3.05) is 11.5 Å². The molecule has 2 heterocycles. The second kappa shape index (κ2) is 7.50. The summed E-state index contributed by atoms with van der Waals surface area (Å²) in [6, 6.07) is 12.5. The van der Waals surface area contributed by atoms with E-state index in [0.29, 0.717) is 6.42 Å². The summed E-state index contributed by atoms with van der Waals surface area (Å²) >= 11 is 0. The van der Waals surface area contributed by atoms with Gasteiger partial charge in [-0.2, -0.15) is 0 Å². The van der Waals surface area contributed by atoms with Crippen LogP contribution in [0.1, 0.15) is 29.3 Å². The highest BCUT2D eigenvalue weighted by Gasteiger charge is 2.48. The Morgan fingerprint density at radius 3 is 2.76 bits per heavy atom. The Balaban J connectivity index is 1.75. The largest absolute Gasteiger partial charge is 0.466 e. The first kappa shape index (κ1) is 18.9. The molecule has 0 radical (unpaired) electrons. The van der Waals surface area contributed by atoms with Crippen LogP contribution in [0.5, 0.6) is 0 Å². The maximum Gasteiger partial charge on any atom is 0.311 e. The van der Waals surface area contributed by atoms with Gasteiger partial charge in [-0.25, -0.2) is 0 Å². The van der Waals surface area contributed by atoms with Crippen LogP contribution in [0, 0.1) is 16.0 Å². The molecule has 0 amide bonds. The molecule has 0 N–H and O–H groups in total. The van der Waals surface area contributed by atoms with E-state index < -0.39 is 16.9 Å². The van der Waals surface area contributed by atoms with Crippen LogP contribution in [0.4, 0.5) is 11.4 Å². The van der Waals surface area contributed by atoms with Gasteiger partial charge >= 0.3 is 5.97 Å². The zero-order chi connectivity index (χ0) is 20.5. The van der Waals surface area contributed by atoms with Crippen LogP contribution < -0.4 is 4.90 Å². The fourth-order valence-electron chi connectivity index (χ4n) is 4.20. The summed E-state index contributed by atoms with van der Waals surface area (Å²) in [4.78, 5) is 38.5. The molecule has 2 aliphatic heterocycles. The Bertz CT molecular complexity index is 1020. The molecule has 2 aliphatic rings. The Hall–Kier alpha value is -3.48. The number of esters is 1. The molecule has 148 valence electrons. The molecule has 7 heteroatoms. The number of hydrogen-bond acceptors (Lipinski definition) is 6. The number of non-ortho nitro benzene ring substituents is 1. The van der Waals surface area contributed by atoms with Crippen molar-refractivity contribution in [3.8, 4) is 0 Å². The third-order valence-electron chi connectivity index (χ3n) is 5.47. The Morgan fingerprint density at radius 2 is 2.00 bits per heavy atom. The number of nitrogens with zero attached hydrogens (tertiary/aromatic N) is 2. The third kappa shape index (κ3) is 3.29. The highest BCUT2D eigenvalue weighted by atomic mass is 16.6. The molecule has 7 nitrogen and oxygen atoms in total. The predicted molar refractivity (Wildman–Crippen MR) is 108 cm³/mol. The van der Waals surface area contributed by atoms with E-state index >= 15 is 0 Å². The van der Waals surface area contributed by atoms with Gasteiger partial charge in [0.25, 0.3) is 5.69 Å². The van der Waals surface area contributed by atoms with Crippen molar-refractivity contribution in [2.45, 2.75) is 25.4 Å². The van der Waals surface area contributed by atoms with Gasteiger partial charge in [0.15, 0.2) is 5.78 Å². The van der Waals surface area contributed by atoms with E-state index in [1.807, 2.05) is 41.3 Å². The highest BCUT2D eigenvalue weighted by molar-refractivity contribution is 6.04. The fourth-order valence-corrected chi connectivity index (χ4v) is 4.20. The standard InChI is InChI=1S/C22H20N2O5/c1-2-29-22(26)17-13-20(21(25)15-7-5-8-16(12-15)24(27)28)23-18-9-4-3-6-14(18)10-11-19(17)23/h3-12,17,19-20H,2,13H2,1H3/t17-,19+,20+/m1/s1. The summed E-state index contributed by atoms with van der Waals surface area (Å²) in [5.41, 5.74) is 1.96. The van der Waals surface area contributed by atoms with Gasteiger partial charge in [0.2, 0.25) is 0 Å². The molecule has 4 rings (SSSR count). The summed E-state index contributed by atoms with van der Waals surface area (Å²) in [5.74, 6) is -1.05. The number of nitro benzene ring substituents is 1. The lowest BCUT2D eigenvalue weighted by molar-refractivity contribution is -0.384. The number of benzene rings is 2. The van der Waals surface area contributed by atoms with Crippen LogP contribution in [-0.2, 0) is 9.53 Å². The Morgan fingerprint density at radius 1 is 1.21 bits per heavy atom. The number of anilines is 1. The number of hydrogen-bond donors (Lipinski definition) is 0. The van der Waals surface area contributed by atoms with Gasteiger partial charge in [0.05, 0.1) is 29.5 Å². The lowest BCUT2D eigenvalue weighted by Gasteiger charge is -2.35. The van der Waals surface area contributed by atoms with Crippen LogP contribution in [0.2, 0.25) is 0 Å². The SMILES string of the molecule is CCOC(=O)[C@@H]1C[C@@H](C(=O)c2cccc([N+](=O)[O-])c2)N2c3ccccc3C=C[C@@H]12. The van der Waals surface area contributed by atoms with Crippen molar-refractivity contribution >= 4 is 29.2 Å². The zero-order valence-electron chi connectivity index (χ0n) is 15.9. The molecule has 3 atom stereocenters. The smallest absolute Gasteiger partial charge is 0.311 e. The van der Waals surface area contributed by atoms with Crippen molar-refractivity contribution in [1.82, 2.24) is 0 Å². The van der Waals surface area contributed by atoms with Gasteiger partial charge in [0.1, 0.15) is 0 Å². The molecule has 1 saturated heterocycles. The summed E-state index contributed by atoms with van der Waals surface area (Å²) in [6.07, 6.45) is 4.19. The molecule has 0 saturated carbocycles. The number of fused-ring (bicyclic) bond motifs is 3. The van der Waals surface area contributed by atoms with Crippen molar-refractivity contribution in [3.63, 3.8) is 0 Å². The first-order chi connectivity index (χ1) is 14.0. The number of Topliss-reactive ketones (excluding diaryl/α,β-unsaturated/α-hetero) is 1. The molecule has 2 aromatic carbocycles. The molecule has 1 fully saturated rings. The Labute approximate surface area is 167 Å². The quantitative estimate of drug-likeness (QED) is 0.334. The lowest BCUT2D eigenvalue weighted by Crippen LogP contribution is -2.43. The molecular weight excluding hydrogens is 372 g/mol. The molecule has 0 aliphatic carbocycles. The number of nitro groups is 1. The van der Waals surface area contributed by atoms with E-state index in [-0.39, 0.29) is 35.7 Å². The van der Waals surface area contributed by atoms with E-state index in [4.69, 9.17) is 4.74 Å². The van der Waals surface area contributed by atoms with Crippen molar-refractivity contribution < 1.29 is 19.2 Å². The summed E-state index contributed by atoms with van der Waals surface area (Å²) in [7, 11) is 0. The van der Waals surface area contributed by atoms with Gasteiger partial charge in [-0.05, 0) is 25.0 Å². The van der Waals surface area contributed by atoms with E-state index in [0.717, 1.165) is 11.3 Å². The number of ketones is 1. The molecule has 0 aromatic heterocycles. The average Bonchev–Trinajstić information content (AvgIpc) is 3.14. The molecule has 29 heavy (non-hydrogen) atoms. The van der Waals surface area contributed by atoms with E-state index in [2.05, 4.69) is 0 Å². The summed E-state index contributed by atoms with van der Waals surface area (Å²) in [6.45, 7) is 2.02. The van der Waals surface area contributed by atoms with E-state index in [9.17, 15) is 19.7 Å². The minimum absolute atomic E-state index is 0.133. The number of carbonyl (C=O) groups excluding carboxylic acids is 2. The molecule has 2 aromatic rings. The topological polar surface area (TPSA) is 89.8 Å². The minimum atomic E-state index is -0.609. The number of ether oxygens (including phenoxy) is 1. The van der Waals surface area contributed by atoms with E-state index in [1.54, 1.807) is 13.0 Å². The fraction of sp³-hybridized carbons (Fsp3) is 0.273. The number of carbonyl (C=O) groups is 2. The molecule has 0 bridgehead atoms. The molecular formula is C22H20N2O5. The van der Waals surface area contributed by atoms with Gasteiger partial charge in [-0.15, -0.1) is 0 Å². The molecule has 0 unspecified atom stereocenters. The van der Waals surface area contributed by atoms with Gasteiger partial charge < -0.3 is 9.64 Å². The summed E-state index contributed by atoms with van der Waals surface area (Å²) in [5, 5.41) is 11.1. The maximum atomic E-state index is 13.4. The number of para-hydroxylation sites is 1. The first-order valence-electron chi connectivity index (χ1n) is 9.52. The average molecular weight is 392 g/mol. The minimum Gasteiger partial charge on any atom is -0.466 e. The maximum absolute atomic E-state index is 13.4. The van der Waals surface area contributed by atoms with Crippen LogP contribution in [0.25, 0.3) is 6.08 Å². The third-order valence-corrected chi connectivity index (χ3v) is 5.47. The van der Waals surface area contributed by atoms with Gasteiger partial charge in [0, 0.05) is 23.4 Å². The second-order valence-electron chi connectivity index (χ2n) is 7.10. The predicted octanol–water partition coefficient (Wildman–Crippen LogP) is 3.63. The van der Waals surface area contributed by atoms with Crippen molar-refractivity contribution in [2.24, 2.45) is 5.92 Å². The van der Waals surface area contributed by atoms with Crippen LogP contribution >= 0.6 is 0 Å². The first-order valence-corrected chi connectivity index (χ1v) is 9.52.